The summed E-state index contributed by atoms with van der Waals surface area (Å²) in [5, 5.41) is 5.50. The zero-order valence-corrected chi connectivity index (χ0v) is 18.5. The molecule has 5 nitrogen and oxygen atoms in total. The predicted octanol–water partition coefficient (Wildman–Crippen LogP) is 5.96. The number of nitrogens with one attached hydrogen (secondary N) is 2. The molecule has 0 aliphatic heterocycles. The Bertz CT molecular complexity index is 1050. The molecular formula is C22H19BrFN3O2S. The Morgan fingerprint density at radius 3 is 2.27 bits per heavy atom. The van der Waals surface area contributed by atoms with E-state index in [1.54, 1.807) is 30.3 Å². The number of carbonyl (C=O) groups is 2. The lowest BCUT2D eigenvalue weighted by molar-refractivity contribution is 0.102. The Balaban J connectivity index is 1.62. The van der Waals surface area contributed by atoms with Crippen LogP contribution in [0.25, 0.3) is 0 Å². The van der Waals surface area contributed by atoms with Gasteiger partial charge in [0.2, 0.25) is 0 Å². The lowest BCUT2D eigenvalue weighted by Crippen LogP contribution is -2.35. The fourth-order valence-electron chi connectivity index (χ4n) is 2.73. The van der Waals surface area contributed by atoms with Gasteiger partial charge >= 0.3 is 6.03 Å². The number of carbonyl (C=O) groups excluding carboxylic acids is 2. The van der Waals surface area contributed by atoms with Crippen molar-refractivity contribution in [1.82, 2.24) is 5.32 Å². The van der Waals surface area contributed by atoms with Crippen LogP contribution in [0.2, 0.25) is 0 Å². The first-order valence-corrected chi connectivity index (χ1v) is 10.3. The van der Waals surface area contributed by atoms with Crippen LogP contribution in [0.5, 0.6) is 0 Å². The molecule has 154 valence electrons. The lowest BCUT2D eigenvalue weighted by Gasteiger charge is -2.21. The summed E-state index contributed by atoms with van der Waals surface area (Å²) in [6.07, 6.45) is 0. The second kappa shape index (κ2) is 9.77. The average Bonchev–Trinajstić information content (AvgIpc) is 2.74. The molecule has 3 rings (SSSR count). The van der Waals surface area contributed by atoms with Crippen molar-refractivity contribution in [3.05, 3.63) is 94.2 Å². The molecule has 8 heteroatoms. The molecule has 0 fully saturated rings. The Kier molecular flexibility index (Phi) is 7.12. The summed E-state index contributed by atoms with van der Waals surface area (Å²) in [5.74, 6) is -1.14. The Labute approximate surface area is 188 Å². The number of amides is 3. The maximum atomic E-state index is 13.7. The highest BCUT2D eigenvalue weighted by Crippen LogP contribution is 2.22. The molecule has 0 aromatic heterocycles. The highest BCUT2D eigenvalue weighted by atomic mass is 79.9. The summed E-state index contributed by atoms with van der Waals surface area (Å²) < 4.78 is 15.9. The molecule has 0 bridgehead atoms. The standard InChI is InChI=1S/C22H19BrFN3O2S/c1-14(15-6-8-16(23)9-7-15)25-22(29)27(30)18-12-10-17(11-13-18)26-21(28)19-4-2-3-5-20(19)24/h2-14,30H,1H3,(H,25,29)(H,26,28). The smallest absolute Gasteiger partial charge is 0.330 e. The van der Waals surface area contributed by atoms with E-state index in [-0.39, 0.29) is 11.6 Å². The van der Waals surface area contributed by atoms with E-state index < -0.39 is 17.8 Å². The summed E-state index contributed by atoms with van der Waals surface area (Å²) in [7, 11) is 0. The minimum atomic E-state index is -0.593. The van der Waals surface area contributed by atoms with Crippen LogP contribution in [0.1, 0.15) is 28.9 Å². The maximum absolute atomic E-state index is 13.7. The van der Waals surface area contributed by atoms with E-state index in [4.69, 9.17) is 0 Å². The monoisotopic (exact) mass is 487 g/mol. The highest BCUT2D eigenvalue weighted by Gasteiger charge is 2.16. The quantitative estimate of drug-likeness (QED) is 0.388. The zero-order valence-electron chi connectivity index (χ0n) is 16.0. The maximum Gasteiger partial charge on any atom is 0.332 e. The highest BCUT2D eigenvalue weighted by molar-refractivity contribution is 9.10. The van der Waals surface area contributed by atoms with Crippen molar-refractivity contribution in [3.63, 3.8) is 0 Å². The molecule has 0 radical (unpaired) electrons. The summed E-state index contributed by atoms with van der Waals surface area (Å²) in [6.45, 7) is 1.88. The van der Waals surface area contributed by atoms with Gasteiger partial charge in [0.25, 0.3) is 5.91 Å². The molecule has 3 amide bonds. The molecule has 0 heterocycles. The van der Waals surface area contributed by atoms with Crippen LogP contribution >= 0.6 is 28.7 Å². The number of urea groups is 1. The SMILES string of the molecule is CC(NC(=O)N(S)c1ccc(NC(=O)c2ccccc2F)cc1)c1ccc(Br)cc1. The van der Waals surface area contributed by atoms with E-state index in [1.807, 2.05) is 31.2 Å². The second-order valence-corrected chi connectivity index (χ2v) is 7.83. The fourth-order valence-corrected chi connectivity index (χ4v) is 3.18. The summed E-state index contributed by atoms with van der Waals surface area (Å²) in [4.78, 5) is 24.7. The number of rotatable bonds is 5. The topological polar surface area (TPSA) is 61.4 Å². The molecule has 0 saturated heterocycles. The number of nitrogens with zero attached hydrogens (tertiary/aromatic N) is 1. The van der Waals surface area contributed by atoms with Crippen molar-refractivity contribution >= 4 is 52.1 Å². The van der Waals surface area contributed by atoms with Crippen LogP contribution in [0.15, 0.2) is 77.3 Å². The number of thiol groups is 1. The number of anilines is 2. The van der Waals surface area contributed by atoms with Crippen LogP contribution in [0.4, 0.5) is 20.6 Å². The number of benzene rings is 3. The largest absolute Gasteiger partial charge is 0.332 e. The second-order valence-electron chi connectivity index (χ2n) is 6.52. The Hall–Kier alpha value is -2.84. The van der Waals surface area contributed by atoms with E-state index in [0.717, 1.165) is 10.0 Å². The van der Waals surface area contributed by atoms with Gasteiger partial charge in [-0.15, -0.1) is 0 Å². The van der Waals surface area contributed by atoms with Crippen LogP contribution in [0.3, 0.4) is 0 Å². The van der Waals surface area contributed by atoms with Crippen molar-refractivity contribution in [2.75, 3.05) is 9.62 Å². The molecule has 0 spiro atoms. The van der Waals surface area contributed by atoms with E-state index in [1.165, 1.54) is 22.5 Å². The first kappa shape index (κ1) is 21.9. The third-order valence-corrected chi connectivity index (χ3v) is 5.33. The van der Waals surface area contributed by atoms with Crippen molar-refractivity contribution in [2.24, 2.45) is 0 Å². The van der Waals surface area contributed by atoms with E-state index in [0.29, 0.717) is 11.4 Å². The predicted molar refractivity (Wildman–Crippen MR) is 123 cm³/mol. The van der Waals surface area contributed by atoms with Gasteiger partial charge in [0, 0.05) is 10.2 Å². The number of hydrogen-bond donors (Lipinski definition) is 3. The van der Waals surface area contributed by atoms with Gasteiger partial charge in [0.1, 0.15) is 5.82 Å². The van der Waals surface area contributed by atoms with Gasteiger partial charge in [-0.1, -0.05) is 53.0 Å². The van der Waals surface area contributed by atoms with Gasteiger partial charge in [-0.3, -0.25) is 4.79 Å². The molecular weight excluding hydrogens is 469 g/mol. The third-order valence-electron chi connectivity index (χ3n) is 4.39. The first-order valence-electron chi connectivity index (χ1n) is 9.06. The molecule has 0 saturated carbocycles. The van der Waals surface area contributed by atoms with Crippen molar-refractivity contribution in [2.45, 2.75) is 13.0 Å². The Morgan fingerprint density at radius 1 is 1.00 bits per heavy atom. The van der Waals surface area contributed by atoms with Gasteiger partial charge in [-0.05, 0) is 61.0 Å². The third kappa shape index (κ3) is 5.40. The summed E-state index contributed by atoms with van der Waals surface area (Å²) in [5.41, 5.74) is 1.90. The molecule has 3 aromatic carbocycles. The molecule has 30 heavy (non-hydrogen) atoms. The van der Waals surface area contributed by atoms with Gasteiger partial charge in [0.05, 0.1) is 17.3 Å². The average molecular weight is 488 g/mol. The Morgan fingerprint density at radius 2 is 1.63 bits per heavy atom. The number of halogens is 2. The van der Waals surface area contributed by atoms with Crippen LogP contribution in [-0.4, -0.2) is 11.9 Å². The van der Waals surface area contributed by atoms with E-state index in [2.05, 4.69) is 39.4 Å². The minimum Gasteiger partial charge on any atom is -0.330 e. The van der Waals surface area contributed by atoms with E-state index in [9.17, 15) is 14.0 Å². The van der Waals surface area contributed by atoms with Crippen molar-refractivity contribution < 1.29 is 14.0 Å². The van der Waals surface area contributed by atoms with Crippen LogP contribution < -0.4 is 14.9 Å². The van der Waals surface area contributed by atoms with Crippen molar-refractivity contribution in [3.8, 4) is 0 Å². The molecule has 1 unspecified atom stereocenters. The summed E-state index contributed by atoms with van der Waals surface area (Å²) in [6, 6.07) is 19.3. The van der Waals surface area contributed by atoms with Crippen LogP contribution in [0, 0.1) is 5.82 Å². The molecule has 2 N–H and O–H groups in total. The molecule has 3 aromatic rings. The molecule has 1 atom stereocenters. The van der Waals surface area contributed by atoms with Crippen LogP contribution in [-0.2, 0) is 0 Å². The summed E-state index contributed by atoms with van der Waals surface area (Å²) >= 11 is 7.65. The number of hydrogen-bond acceptors (Lipinski definition) is 3. The van der Waals surface area contributed by atoms with Gasteiger partial charge < -0.3 is 10.6 Å². The van der Waals surface area contributed by atoms with Gasteiger partial charge in [-0.2, -0.15) is 0 Å². The molecule has 0 aliphatic rings. The zero-order chi connectivity index (χ0) is 21.7. The molecule has 0 aliphatic carbocycles. The fraction of sp³-hybridized carbons (Fsp3) is 0.0909. The van der Waals surface area contributed by atoms with Crippen molar-refractivity contribution in [1.29, 1.82) is 0 Å². The van der Waals surface area contributed by atoms with E-state index >= 15 is 0 Å². The first-order chi connectivity index (χ1) is 14.3. The normalized spacial score (nSPS) is 11.5. The van der Waals surface area contributed by atoms with Gasteiger partial charge in [-0.25, -0.2) is 13.5 Å². The van der Waals surface area contributed by atoms with Gasteiger partial charge in [0.15, 0.2) is 0 Å². The lowest BCUT2D eigenvalue weighted by atomic mass is 10.1. The minimum absolute atomic E-state index is 0.0429.